The highest BCUT2D eigenvalue weighted by atomic mass is 16.2. The van der Waals surface area contributed by atoms with Gasteiger partial charge in [0.2, 0.25) is 5.91 Å². The Morgan fingerprint density at radius 1 is 1.15 bits per heavy atom. The molecule has 1 heterocycles. The topological polar surface area (TPSA) is 20.3 Å². The Labute approximate surface area is 80.3 Å². The van der Waals surface area contributed by atoms with E-state index in [4.69, 9.17) is 0 Å². The Hall–Kier alpha value is -0.530. The maximum atomic E-state index is 11.3. The molecule has 0 bridgehead atoms. The number of carbonyl (C=O) groups is 1. The van der Waals surface area contributed by atoms with Gasteiger partial charge in [-0.3, -0.25) is 4.79 Å². The molecule has 74 valence electrons. The van der Waals surface area contributed by atoms with Gasteiger partial charge in [0, 0.05) is 19.5 Å². The van der Waals surface area contributed by atoms with Gasteiger partial charge in [-0.15, -0.1) is 0 Å². The summed E-state index contributed by atoms with van der Waals surface area (Å²) < 4.78 is 0. The SMILES string of the molecule is CC(=O)N1CCC2CCCCCC21. The van der Waals surface area contributed by atoms with E-state index in [1.807, 2.05) is 0 Å². The fourth-order valence-corrected chi connectivity index (χ4v) is 2.97. The lowest BCUT2D eigenvalue weighted by Crippen LogP contribution is -2.35. The number of nitrogens with zero attached hydrogens (tertiary/aromatic N) is 1. The van der Waals surface area contributed by atoms with Crippen LogP contribution in [-0.2, 0) is 4.79 Å². The van der Waals surface area contributed by atoms with E-state index in [1.165, 1.54) is 38.5 Å². The number of hydrogen-bond donors (Lipinski definition) is 0. The second kappa shape index (κ2) is 3.69. The van der Waals surface area contributed by atoms with Gasteiger partial charge in [-0.2, -0.15) is 0 Å². The summed E-state index contributed by atoms with van der Waals surface area (Å²) in [6.45, 7) is 2.73. The van der Waals surface area contributed by atoms with Crippen LogP contribution < -0.4 is 0 Å². The highest BCUT2D eigenvalue weighted by Gasteiger charge is 2.35. The van der Waals surface area contributed by atoms with E-state index in [9.17, 15) is 4.79 Å². The lowest BCUT2D eigenvalue weighted by atomic mass is 9.96. The molecule has 1 amide bonds. The molecular weight excluding hydrogens is 162 g/mol. The summed E-state index contributed by atoms with van der Waals surface area (Å²) in [4.78, 5) is 13.4. The van der Waals surface area contributed by atoms with Crippen molar-refractivity contribution < 1.29 is 4.79 Å². The van der Waals surface area contributed by atoms with Crippen molar-refractivity contribution in [3.8, 4) is 0 Å². The number of rotatable bonds is 0. The largest absolute Gasteiger partial charge is 0.340 e. The van der Waals surface area contributed by atoms with Gasteiger partial charge in [-0.25, -0.2) is 0 Å². The third kappa shape index (κ3) is 1.72. The first-order valence-corrected chi connectivity index (χ1v) is 5.56. The summed E-state index contributed by atoms with van der Waals surface area (Å²) in [5.74, 6) is 1.11. The summed E-state index contributed by atoms with van der Waals surface area (Å²) in [6, 6.07) is 0.597. The number of hydrogen-bond acceptors (Lipinski definition) is 1. The van der Waals surface area contributed by atoms with E-state index in [0.717, 1.165) is 12.5 Å². The van der Waals surface area contributed by atoms with Gasteiger partial charge in [-0.05, 0) is 25.2 Å². The molecule has 0 aromatic heterocycles. The normalized spacial score (nSPS) is 34.1. The van der Waals surface area contributed by atoms with Crippen molar-refractivity contribution in [3.05, 3.63) is 0 Å². The van der Waals surface area contributed by atoms with E-state index >= 15 is 0 Å². The van der Waals surface area contributed by atoms with Crippen LogP contribution >= 0.6 is 0 Å². The molecule has 2 rings (SSSR count). The molecule has 1 aliphatic heterocycles. The van der Waals surface area contributed by atoms with Crippen molar-refractivity contribution in [1.82, 2.24) is 4.90 Å². The summed E-state index contributed by atoms with van der Waals surface area (Å²) in [7, 11) is 0. The van der Waals surface area contributed by atoms with Gasteiger partial charge in [0.15, 0.2) is 0 Å². The minimum Gasteiger partial charge on any atom is -0.340 e. The molecule has 2 fully saturated rings. The summed E-state index contributed by atoms with van der Waals surface area (Å²) in [6.07, 6.45) is 7.94. The maximum absolute atomic E-state index is 11.3. The van der Waals surface area contributed by atoms with Crippen molar-refractivity contribution >= 4 is 5.91 Å². The summed E-state index contributed by atoms with van der Waals surface area (Å²) >= 11 is 0. The summed E-state index contributed by atoms with van der Waals surface area (Å²) in [5, 5.41) is 0. The van der Waals surface area contributed by atoms with Gasteiger partial charge in [-0.1, -0.05) is 19.3 Å². The van der Waals surface area contributed by atoms with Crippen LogP contribution in [0.5, 0.6) is 0 Å². The number of amides is 1. The van der Waals surface area contributed by atoms with Gasteiger partial charge in [0.05, 0.1) is 0 Å². The van der Waals surface area contributed by atoms with E-state index < -0.39 is 0 Å². The average molecular weight is 181 g/mol. The summed E-state index contributed by atoms with van der Waals surface area (Å²) in [5.41, 5.74) is 0. The number of fused-ring (bicyclic) bond motifs is 1. The lowest BCUT2D eigenvalue weighted by Gasteiger charge is -2.25. The van der Waals surface area contributed by atoms with Crippen LogP contribution in [0, 0.1) is 5.92 Å². The molecule has 2 aliphatic rings. The second-order valence-electron chi connectivity index (χ2n) is 4.47. The highest BCUT2D eigenvalue weighted by molar-refractivity contribution is 5.74. The molecule has 1 saturated carbocycles. The first-order chi connectivity index (χ1) is 6.29. The zero-order valence-corrected chi connectivity index (χ0v) is 8.46. The number of carbonyl (C=O) groups excluding carboxylic acids is 1. The molecule has 0 radical (unpaired) electrons. The first-order valence-electron chi connectivity index (χ1n) is 5.56. The highest BCUT2D eigenvalue weighted by Crippen LogP contribution is 2.34. The Kier molecular flexibility index (Phi) is 2.56. The molecule has 1 saturated heterocycles. The molecule has 0 aromatic rings. The third-order valence-electron chi connectivity index (χ3n) is 3.66. The Balaban J connectivity index is 2.06. The Morgan fingerprint density at radius 2 is 1.92 bits per heavy atom. The van der Waals surface area contributed by atoms with E-state index in [0.29, 0.717) is 6.04 Å². The van der Waals surface area contributed by atoms with Crippen molar-refractivity contribution in [2.24, 2.45) is 5.92 Å². The van der Waals surface area contributed by atoms with Crippen molar-refractivity contribution in [2.45, 2.75) is 51.5 Å². The van der Waals surface area contributed by atoms with E-state index in [1.54, 1.807) is 6.92 Å². The molecule has 1 aliphatic carbocycles. The smallest absolute Gasteiger partial charge is 0.219 e. The van der Waals surface area contributed by atoms with Gasteiger partial charge in [0.25, 0.3) is 0 Å². The van der Waals surface area contributed by atoms with Crippen molar-refractivity contribution in [3.63, 3.8) is 0 Å². The standard InChI is InChI=1S/C11H19NO/c1-9(13)12-8-7-10-5-3-2-4-6-11(10)12/h10-11H,2-8H2,1H3. The number of likely N-dealkylation sites (tertiary alicyclic amines) is 1. The Morgan fingerprint density at radius 3 is 2.69 bits per heavy atom. The van der Waals surface area contributed by atoms with Gasteiger partial charge in [0.1, 0.15) is 0 Å². The maximum Gasteiger partial charge on any atom is 0.219 e. The van der Waals surface area contributed by atoms with Gasteiger partial charge < -0.3 is 4.90 Å². The van der Waals surface area contributed by atoms with Crippen LogP contribution in [-0.4, -0.2) is 23.4 Å². The first kappa shape index (κ1) is 9.04. The molecule has 13 heavy (non-hydrogen) atoms. The molecule has 0 spiro atoms. The van der Waals surface area contributed by atoms with Crippen LogP contribution in [0.15, 0.2) is 0 Å². The quantitative estimate of drug-likeness (QED) is 0.561. The molecule has 2 nitrogen and oxygen atoms in total. The van der Waals surface area contributed by atoms with Crippen LogP contribution in [0.25, 0.3) is 0 Å². The minimum absolute atomic E-state index is 0.286. The van der Waals surface area contributed by atoms with E-state index in [2.05, 4.69) is 4.90 Å². The minimum atomic E-state index is 0.286. The van der Waals surface area contributed by atoms with Gasteiger partial charge >= 0.3 is 0 Å². The molecular formula is C11H19NO. The molecule has 0 N–H and O–H groups in total. The Bertz CT molecular complexity index is 202. The molecule has 2 unspecified atom stereocenters. The monoisotopic (exact) mass is 181 g/mol. The van der Waals surface area contributed by atoms with Crippen molar-refractivity contribution in [2.75, 3.05) is 6.54 Å². The zero-order chi connectivity index (χ0) is 9.26. The predicted octanol–water partition coefficient (Wildman–Crippen LogP) is 2.19. The average Bonchev–Trinajstić information content (AvgIpc) is 2.36. The van der Waals surface area contributed by atoms with Crippen molar-refractivity contribution in [1.29, 1.82) is 0 Å². The van der Waals surface area contributed by atoms with Crippen LogP contribution in [0.4, 0.5) is 0 Å². The fourth-order valence-electron chi connectivity index (χ4n) is 2.97. The second-order valence-corrected chi connectivity index (χ2v) is 4.47. The molecule has 2 heteroatoms. The predicted molar refractivity (Wildman–Crippen MR) is 52.4 cm³/mol. The van der Waals surface area contributed by atoms with Crippen LogP contribution in [0.2, 0.25) is 0 Å². The van der Waals surface area contributed by atoms with E-state index in [-0.39, 0.29) is 5.91 Å². The zero-order valence-electron chi connectivity index (χ0n) is 8.46. The van der Waals surface area contributed by atoms with Crippen LogP contribution in [0.3, 0.4) is 0 Å². The fraction of sp³-hybridized carbons (Fsp3) is 0.909. The third-order valence-corrected chi connectivity index (χ3v) is 3.66. The molecule has 0 aromatic carbocycles. The van der Waals surface area contributed by atoms with Crippen LogP contribution in [0.1, 0.15) is 45.4 Å². The lowest BCUT2D eigenvalue weighted by molar-refractivity contribution is -0.130. The molecule has 2 atom stereocenters.